The van der Waals surface area contributed by atoms with E-state index in [1.165, 1.54) is 0 Å². The molecule has 0 aromatic rings. The van der Waals surface area contributed by atoms with Gasteiger partial charge in [0.15, 0.2) is 0 Å². The number of hydrogen-bond acceptors (Lipinski definition) is 2. The van der Waals surface area contributed by atoms with E-state index in [0.29, 0.717) is 12.2 Å². The Labute approximate surface area is 65.3 Å². The van der Waals surface area contributed by atoms with Gasteiger partial charge in [-0.1, -0.05) is 18.2 Å². The Balaban J connectivity index is 2.34. The third-order valence-electron chi connectivity index (χ3n) is 1.83. The molecule has 0 bridgehead atoms. The predicted molar refractivity (Wildman–Crippen MR) is 44.6 cm³/mol. The molecule has 0 amide bonds. The van der Waals surface area contributed by atoms with E-state index in [1.807, 2.05) is 24.4 Å². The molecule has 0 saturated heterocycles. The van der Waals surface area contributed by atoms with E-state index >= 15 is 0 Å². The number of rotatable bonds is 1. The highest BCUT2D eigenvalue weighted by molar-refractivity contribution is 5.68. The molecule has 2 heteroatoms. The highest BCUT2D eigenvalue weighted by Gasteiger charge is 2.12. The van der Waals surface area contributed by atoms with Crippen molar-refractivity contribution < 1.29 is 5.11 Å². The summed E-state index contributed by atoms with van der Waals surface area (Å²) in [6, 6.07) is 0. The average molecular weight is 147 g/mol. The molecule has 1 aliphatic heterocycles. The van der Waals surface area contributed by atoms with Gasteiger partial charge in [0.25, 0.3) is 0 Å². The molecule has 2 rings (SSSR count). The third-order valence-corrected chi connectivity index (χ3v) is 1.83. The highest BCUT2D eigenvalue weighted by atomic mass is 16.3. The molecule has 0 unspecified atom stereocenters. The Morgan fingerprint density at radius 2 is 2.36 bits per heavy atom. The van der Waals surface area contributed by atoms with Gasteiger partial charge in [0.1, 0.15) is 5.76 Å². The zero-order valence-electron chi connectivity index (χ0n) is 6.12. The normalized spacial score (nSPS) is 21.6. The van der Waals surface area contributed by atoms with Crippen LogP contribution in [0.25, 0.3) is 0 Å². The third kappa shape index (κ3) is 1.00. The number of nitrogens with zero attached hydrogens (tertiary/aromatic N) is 1. The first kappa shape index (κ1) is 6.40. The summed E-state index contributed by atoms with van der Waals surface area (Å²) in [5, 5.41) is 9.35. The summed E-state index contributed by atoms with van der Waals surface area (Å²) in [5.41, 5.74) is 1.80. The van der Waals surface area contributed by atoms with Gasteiger partial charge in [0, 0.05) is 24.6 Å². The van der Waals surface area contributed by atoms with Gasteiger partial charge in [-0.15, -0.1) is 0 Å². The van der Waals surface area contributed by atoms with Crippen LogP contribution in [0.3, 0.4) is 0 Å². The lowest BCUT2D eigenvalue weighted by atomic mass is 10.2. The van der Waals surface area contributed by atoms with E-state index in [2.05, 4.69) is 4.99 Å². The van der Waals surface area contributed by atoms with Crippen molar-refractivity contribution in [3.05, 3.63) is 35.3 Å². The van der Waals surface area contributed by atoms with Crippen molar-refractivity contribution in [2.45, 2.75) is 12.8 Å². The first-order valence-corrected chi connectivity index (χ1v) is 3.69. The molecule has 2 aliphatic rings. The molecule has 0 fully saturated rings. The zero-order chi connectivity index (χ0) is 7.68. The van der Waals surface area contributed by atoms with Crippen LogP contribution < -0.4 is 0 Å². The number of aliphatic imine (C=N–C) groups is 1. The number of aliphatic hydroxyl groups is 1. The van der Waals surface area contributed by atoms with E-state index in [-0.39, 0.29) is 0 Å². The lowest BCUT2D eigenvalue weighted by Crippen LogP contribution is -1.83. The summed E-state index contributed by atoms with van der Waals surface area (Å²) >= 11 is 0. The Kier molecular flexibility index (Phi) is 1.39. The van der Waals surface area contributed by atoms with Crippen LogP contribution in [0, 0.1) is 0 Å². The summed E-state index contributed by atoms with van der Waals surface area (Å²) in [7, 11) is 0. The molecule has 1 N–H and O–H groups in total. The summed E-state index contributed by atoms with van der Waals surface area (Å²) in [5.74, 6) is 0.440. The zero-order valence-corrected chi connectivity index (χ0v) is 6.12. The van der Waals surface area contributed by atoms with Crippen LogP contribution in [0.4, 0.5) is 0 Å². The van der Waals surface area contributed by atoms with Gasteiger partial charge in [-0.3, -0.25) is 4.99 Å². The Bertz CT molecular complexity index is 295. The van der Waals surface area contributed by atoms with E-state index < -0.39 is 0 Å². The topological polar surface area (TPSA) is 32.6 Å². The smallest absolute Gasteiger partial charge is 0.105 e. The summed E-state index contributed by atoms with van der Waals surface area (Å²) in [6.45, 7) is 0. The summed E-state index contributed by atoms with van der Waals surface area (Å²) < 4.78 is 0. The van der Waals surface area contributed by atoms with E-state index in [0.717, 1.165) is 17.7 Å². The average Bonchev–Trinajstić information content (AvgIpc) is 2.55. The molecule has 0 aromatic heterocycles. The SMILES string of the molecule is OC1=C(C2=CCC=N2)C=CC1. The molecule has 0 atom stereocenters. The van der Waals surface area contributed by atoms with Crippen molar-refractivity contribution in [1.29, 1.82) is 0 Å². The largest absolute Gasteiger partial charge is 0.511 e. The lowest BCUT2D eigenvalue weighted by Gasteiger charge is -1.97. The molecular weight excluding hydrogens is 138 g/mol. The van der Waals surface area contributed by atoms with Crippen LogP contribution in [-0.2, 0) is 0 Å². The van der Waals surface area contributed by atoms with Crippen LogP contribution in [0.5, 0.6) is 0 Å². The van der Waals surface area contributed by atoms with Crippen LogP contribution in [0.15, 0.2) is 40.2 Å². The number of aliphatic hydroxyl groups excluding tert-OH is 1. The fraction of sp³-hybridized carbons (Fsp3) is 0.222. The van der Waals surface area contributed by atoms with Crippen molar-refractivity contribution in [2.24, 2.45) is 4.99 Å². The minimum Gasteiger partial charge on any atom is -0.511 e. The van der Waals surface area contributed by atoms with Gasteiger partial charge in [0.05, 0.1) is 5.70 Å². The van der Waals surface area contributed by atoms with Crippen LogP contribution in [0.1, 0.15) is 12.8 Å². The molecule has 56 valence electrons. The Morgan fingerprint density at radius 3 is 2.91 bits per heavy atom. The van der Waals surface area contributed by atoms with Gasteiger partial charge >= 0.3 is 0 Å². The first-order valence-electron chi connectivity index (χ1n) is 3.69. The van der Waals surface area contributed by atoms with Crippen LogP contribution in [0.2, 0.25) is 0 Å². The number of allylic oxidation sites excluding steroid dienone is 3. The maximum absolute atomic E-state index is 9.35. The first-order chi connectivity index (χ1) is 5.38. The molecule has 0 radical (unpaired) electrons. The molecule has 2 nitrogen and oxygen atoms in total. The van der Waals surface area contributed by atoms with Gasteiger partial charge in [-0.2, -0.15) is 0 Å². The fourth-order valence-electron chi connectivity index (χ4n) is 1.28. The number of hydrogen-bond donors (Lipinski definition) is 1. The maximum atomic E-state index is 9.35. The Hall–Kier alpha value is -1.31. The van der Waals surface area contributed by atoms with E-state index in [1.54, 1.807) is 0 Å². The maximum Gasteiger partial charge on any atom is 0.105 e. The van der Waals surface area contributed by atoms with Crippen molar-refractivity contribution in [3.63, 3.8) is 0 Å². The second-order valence-corrected chi connectivity index (χ2v) is 2.60. The summed E-state index contributed by atoms with van der Waals surface area (Å²) in [4.78, 5) is 4.14. The van der Waals surface area contributed by atoms with Crippen molar-refractivity contribution in [2.75, 3.05) is 0 Å². The standard InChI is InChI=1S/C9H9NO/c11-9-5-1-3-7(9)8-4-2-6-10-8/h1,3-4,6,11H,2,5H2. The van der Waals surface area contributed by atoms with E-state index in [4.69, 9.17) is 0 Å². The minimum atomic E-state index is 0.440. The van der Waals surface area contributed by atoms with Crippen LogP contribution in [-0.4, -0.2) is 11.3 Å². The summed E-state index contributed by atoms with van der Waals surface area (Å²) in [6.07, 6.45) is 9.27. The van der Waals surface area contributed by atoms with Crippen LogP contribution >= 0.6 is 0 Å². The minimum absolute atomic E-state index is 0.440. The van der Waals surface area contributed by atoms with Gasteiger partial charge < -0.3 is 5.11 Å². The van der Waals surface area contributed by atoms with Crippen molar-refractivity contribution in [3.8, 4) is 0 Å². The molecule has 11 heavy (non-hydrogen) atoms. The highest BCUT2D eigenvalue weighted by Crippen LogP contribution is 2.25. The monoisotopic (exact) mass is 147 g/mol. The second kappa shape index (κ2) is 2.38. The second-order valence-electron chi connectivity index (χ2n) is 2.60. The molecule has 0 saturated carbocycles. The molecular formula is C9H9NO. The molecule has 0 spiro atoms. The fourth-order valence-corrected chi connectivity index (χ4v) is 1.28. The van der Waals surface area contributed by atoms with Gasteiger partial charge in [-0.25, -0.2) is 0 Å². The molecule has 0 aromatic carbocycles. The molecule has 1 heterocycles. The van der Waals surface area contributed by atoms with Gasteiger partial charge in [0.2, 0.25) is 0 Å². The van der Waals surface area contributed by atoms with Crippen molar-refractivity contribution >= 4 is 6.21 Å². The van der Waals surface area contributed by atoms with E-state index in [9.17, 15) is 5.11 Å². The van der Waals surface area contributed by atoms with Crippen molar-refractivity contribution in [1.82, 2.24) is 0 Å². The quantitative estimate of drug-likeness (QED) is 0.605. The lowest BCUT2D eigenvalue weighted by molar-refractivity contribution is 0.400. The predicted octanol–water partition coefficient (Wildman–Crippen LogP) is 2.12. The van der Waals surface area contributed by atoms with Gasteiger partial charge in [-0.05, 0) is 0 Å². The Morgan fingerprint density at radius 1 is 1.45 bits per heavy atom. The molecule has 1 aliphatic carbocycles.